The Bertz CT molecular complexity index is 1280. The number of nitrogens with zero attached hydrogens (tertiary/aromatic N) is 1. The van der Waals surface area contributed by atoms with E-state index in [1.807, 2.05) is 13.8 Å². The maximum Gasteiger partial charge on any atom is 0.244 e. The second-order valence-corrected chi connectivity index (χ2v) is 11.2. The summed E-state index contributed by atoms with van der Waals surface area (Å²) in [5, 5.41) is -1.16. The molecule has 1 heterocycles. The van der Waals surface area contributed by atoms with E-state index in [1.165, 1.54) is 30.6 Å². The number of hydrogen-bond donors (Lipinski definition) is 1. The zero-order valence-corrected chi connectivity index (χ0v) is 19.8. The second kappa shape index (κ2) is 9.81. The number of rotatable bonds is 9. The van der Waals surface area contributed by atoms with E-state index in [4.69, 9.17) is 4.74 Å². The van der Waals surface area contributed by atoms with Crippen molar-refractivity contribution in [2.75, 3.05) is 13.2 Å². The number of aryl methyl sites for hydroxylation is 2. The molecule has 0 fully saturated rings. The summed E-state index contributed by atoms with van der Waals surface area (Å²) < 4.78 is 61.1. The molecule has 0 saturated carbocycles. The first kappa shape index (κ1) is 23.9. The molecule has 0 aliphatic carbocycles. The summed E-state index contributed by atoms with van der Waals surface area (Å²) in [7, 11) is -7.95. The van der Waals surface area contributed by atoms with Crippen LogP contribution in [-0.2, 0) is 19.9 Å². The Labute approximate surface area is 189 Å². The van der Waals surface area contributed by atoms with E-state index in [0.29, 0.717) is 12.2 Å². The number of sulfonamides is 1. The van der Waals surface area contributed by atoms with Crippen molar-refractivity contribution in [1.29, 1.82) is 0 Å². The zero-order chi connectivity index (χ0) is 23.4. The molecule has 0 bridgehead atoms. The Morgan fingerprint density at radius 3 is 2.28 bits per heavy atom. The van der Waals surface area contributed by atoms with Gasteiger partial charge in [-0.1, -0.05) is 24.3 Å². The quantitative estimate of drug-likeness (QED) is 0.508. The lowest BCUT2D eigenvalue weighted by atomic mass is 10.1. The summed E-state index contributed by atoms with van der Waals surface area (Å²) in [4.78, 5) is 4.10. The molecule has 0 aliphatic rings. The molecular formula is C23H26N2O5S2. The highest BCUT2D eigenvalue weighted by Gasteiger charge is 2.31. The minimum Gasteiger partial charge on any atom is -0.492 e. The van der Waals surface area contributed by atoms with Gasteiger partial charge < -0.3 is 4.74 Å². The van der Waals surface area contributed by atoms with Crippen LogP contribution in [-0.4, -0.2) is 35.0 Å². The van der Waals surface area contributed by atoms with Gasteiger partial charge >= 0.3 is 0 Å². The number of sulfone groups is 1. The van der Waals surface area contributed by atoms with Gasteiger partial charge in [-0.05, 0) is 67.8 Å². The minimum absolute atomic E-state index is 0.0236. The molecule has 0 radical (unpaired) electrons. The van der Waals surface area contributed by atoms with Crippen LogP contribution in [0.1, 0.15) is 28.9 Å². The fourth-order valence-corrected chi connectivity index (χ4v) is 6.28. The summed E-state index contributed by atoms with van der Waals surface area (Å²) in [6, 6.07) is 14.4. The monoisotopic (exact) mass is 474 g/mol. The van der Waals surface area contributed by atoms with Crippen molar-refractivity contribution in [3.63, 3.8) is 0 Å². The van der Waals surface area contributed by atoms with Crippen molar-refractivity contribution in [3.8, 4) is 5.75 Å². The van der Waals surface area contributed by atoms with E-state index in [1.54, 1.807) is 43.3 Å². The van der Waals surface area contributed by atoms with E-state index in [9.17, 15) is 16.8 Å². The van der Waals surface area contributed by atoms with Gasteiger partial charge in [0.2, 0.25) is 10.0 Å². The molecule has 170 valence electrons. The van der Waals surface area contributed by atoms with Crippen LogP contribution in [0.3, 0.4) is 0 Å². The normalized spacial score (nSPS) is 13.0. The number of benzene rings is 2. The van der Waals surface area contributed by atoms with Crippen molar-refractivity contribution >= 4 is 19.9 Å². The molecule has 3 aromatic rings. The molecule has 0 spiro atoms. The number of ether oxygens (including phenoxy) is 1. The van der Waals surface area contributed by atoms with Gasteiger partial charge in [0.05, 0.1) is 11.5 Å². The second-order valence-electron chi connectivity index (χ2n) is 7.30. The third-order valence-corrected chi connectivity index (χ3v) is 8.67. The molecule has 3 rings (SSSR count). The highest BCUT2D eigenvalue weighted by molar-refractivity contribution is 7.92. The summed E-state index contributed by atoms with van der Waals surface area (Å²) in [5.74, 6) is 0.229. The van der Waals surface area contributed by atoms with Gasteiger partial charge in [-0.2, -0.15) is 0 Å². The average Bonchev–Trinajstić information content (AvgIpc) is 2.77. The fourth-order valence-electron chi connectivity index (χ4n) is 3.25. The molecule has 7 nitrogen and oxygen atoms in total. The van der Waals surface area contributed by atoms with Crippen LogP contribution in [0.2, 0.25) is 0 Å². The van der Waals surface area contributed by atoms with Crippen LogP contribution in [0.15, 0.2) is 76.8 Å². The third-order valence-electron chi connectivity index (χ3n) is 5.11. The number of pyridine rings is 1. The number of hydrogen-bond acceptors (Lipinski definition) is 6. The molecule has 1 atom stereocenters. The Morgan fingerprint density at radius 1 is 0.969 bits per heavy atom. The minimum atomic E-state index is -4.06. The number of aromatic nitrogens is 1. The van der Waals surface area contributed by atoms with Crippen molar-refractivity contribution in [2.24, 2.45) is 0 Å². The Morgan fingerprint density at radius 2 is 1.66 bits per heavy atom. The van der Waals surface area contributed by atoms with Crippen LogP contribution >= 0.6 is 0 Å². The lowest BCUT2D eigenvalue weighted by Crippen LogP contribution is -2.32. The highest BCUT2D eigenvalue weighted by Crippen LogP contribution is 2.31. The van der Waals surface area contributed by atoms with Gasteiger partial charge in [0, 0.05) is 18.9 Å². The molecular weight excluding hydrogens is 448 g/mol. The molecule has 9 heteroatoms. The highest BCUT2D eigenvalue weighted by atomic mass is 32.2. The maximum absolute atomic E-state index is 13.4. The van der Waals surface area contributed by atoms with Crippen molar-refractivity contribution in [3.05, 3.63) is 83.7 Å². The molecule has 0 aliphatic heterocycles. The third kappa shape index (κ3) is 5.17. The lowest BCUT2D eigenvalue weighted by Gasteiger charge is -2.20. The van der Waals surface area contributed by atoms with Gasteiger partial charge in [0.15, 0.2) is 9.84 Å². The summed E-state index contributed by atoms with van der Waals surface area (Å²) in [5.41, 5.74) is 2.08. The first-order chi connectivity index (χ1) is 15.2. The molecule has 0 amide bonds. The van der Waals surface area contributed by atoms with E-state index >= 15 is 0 Å². The molecule has 1 aromatic heterocycles. The van der Waals surface area contributed by atoms with E-state index in [2.05, 4.69) is 9.71 Å². The molecule has 0 saturated heterocycles. The SMILES string of the molecule is CCOc1cc(C)c(C)cc1S(=O)(=O)NCC(c1cccnc1)S(=O)(=O)c1ccccc1. The van der Waals surface area contributed by atoms with Crippen molar-refractivity contribution in [2.45, 2.75) is 35.8 Å². The largest absolute Gasteiger partial charge is 0.492 e. The molecule has 2 aromatic carbocycles. The van der Waals surface area contributed by atoms with Crippen LogP contribution in [0.25, 0.3) is 0 Å². The molecule has 32 heavy (non-hydrogen) atoms. The van der Waals surface area contributed by atoms with Gasteiger partial charge in [0.25, 0.3) is 0 Å². The topological polar surface area (TPSA) is 102 Å². The van der Waals surface area contributed by atoms with Gasteiger partial charge in [0.1, 0.15) is 15.9 Å². The average molecular weight is 475 g/mol. The summed E-state index contributed by atoms with van der Waals surface area (Å²) >= 11 is 0. The van der Waals surface area contributed by atoms with E-state index in [0.717, 1.165) is 11.1 Å². The standard InChI is InChI=1S/C23H26N2O5S2/c1-4-30-21-13-17(2)18(3)14-22(21)32(28,29)25-16-23(19-9-8-12-24-15-19)31(26,27)20-10-6-5-7-11-20/h5-15,23,25H,4,16H2,1-3H3. The molecule has 1 unspecified atom stereocenters. The lowest BCUT2D eigenvalue weighted by molar-refractivity contribution is 0.330. The summed E-state index contributed by atoms with van der Waals surface area (Å²) in [6.45, 7) is 5.38. The first-order valence-corrected chi connectivity index (χ1v) is 13.1. The van der Waals surface area contributed by atoms with E-state index < -0.39 is 25.1 Å². The van der Waals surface area contributed by atoms with Crippen LogP contribution < -0.4 is 9.46 Å². The predicted molar refractivity (Wildman–Crippen MR) is 123 cm³/mol. The van der Waals surface area contributed by atoms with Gasteiger partial charge in [-0.25, -0.2) is 21.6 Å². The van der Waals surface area contributed by atoms with Gasteiger partial charge in [-0.3, -0.25) is 4.98 Å². The molecule has 1 N–H and O–H groups in total. The van der Waals surface area contributed by atoms with Crippen LogP contribution in [0.4, 0.5) is 0 Å². The predicted octanol–water partition coefficient (Wildman–Crippen LogP) is 3.59. The smallest absolute Gasteiger partial charge is 0.244 e. The Balaban J connectivity index is 1.99. The first-order valence-electron chi connectivity index (χ1n) is 10.1. The van der Waals surface area contributed by atoms with Crippen molar-refractivity contribution < 1.29 is 21.6 Å². The maximum atomic E-state index is 13.4. The van der Waals surface area contributed by atoms with Crippen molar-refractivity contribution in [1.82, 2.24) is 9.71 Å². The Kier molecular flexibility index (Phi) is 7.33. The van der Waals surface area contributed by atoms with Crippen LogP contribution in [0, 0.1) is 13.8 Å². The van der Waals surface area contributed by atoms with E-state index in [-0.39, 0.29) is 22.1 Å². The Hall–Kier alpha value is -2.75. The van der Waals surface area contributed by atoms with Gasteiger partial charge in [-0.15, -0.1) is 0 Å². The number of nitrogens with one attached hydrogen (secondary N) is 1. The fraction of sp³-hybridized carbons (Fsp3) is 0.261. The van der Waals surface area contributed by atoms with Crippen LogP contribution in [0.5, 0.6) is 5.75 Å². The summed E-state index contributed by atoms with van der Waals surface area (Å²) in [6.07, 6.45) is 2.96. The zero-order valence-electron chi connectivity index (χ0n) is 18.1.